The molecule has 0 spiro atoms. The van der Waals surface area contributed by atoms with Crippen molar-refractivity contribution in [1.29, 1.82) is 0 Å². The molecule has 18 heavy (non-hydrogen) atoms. The Morgan fingerprint density at radius 1 is 0.444 bits per heavy atom. The van der Waals surface area contributed by atoms with Crippen LogP contribution >= 0.6 is 0 Å². The van der Waals surface area contributed by atoms with Crippen LogP contribution in [0.25, 0.3) is 0 Å². The van der Waals surface area contributed by atoms with Crippen molar-refractivity contribution in [2.75, 3.05) is 19.6 Å². The summed E-state index contributed by atoms with van der Waals surface area (Å²) in [5, 5.41) is 0. The van der Waals surface area contributed by atoms with Gasteiger partial charge in [-0.3, -0.25) is 0 Å². The highest BCUT2D eigenvalue weighted by Gasteiger charge is 2.03. The highest BCUT2D eigenvalue weighted by Crippen LogP contribution is 2.07. The van der Waals surface area contributed by atoms with Crippen molar-refractivity contribution in [1.82, 2.24) is 4.90 Å². The van der Waals surface area contributed by atoms with E-state index in [0.717, 1.165) is 0 Å². The largest absolute Gasteiger partial charge is 0.303 e. The van der Waals surface area contributed by atoms with Gasteiger partial charge in [-0.25, -0.2) is 0 Å². The molecule has 0 aliphatic heterocycles. The standard InChI is InChI=1S/C17H37N/c1-4-7-10-11-14-17-18(15-12-8-5-2)16-13-9-6-3/h4-17H2,1-3H3. The Labute approximate surface area is 116 Å². The van der Waals surface area contributed by atoms with Crippen LogP contribution in [0.5, 0.6) is 0 Å². The fraction of sp³-hybridized carbons (Fsp3) is 1.00. The van der Waals surface area contributed by atoms with Gasteiger partial charge in [0.1, 0.15) is 0 Å². The van der Waals surface area contributed by atoms with Crippen LogP contribution in [-0.4, -0.2) is 24.5 Å². The summed E-state index contributed by atoms with van der Waals surface area (Å²) in [5.74, 6) is 0. The highest BCUT2D eigenvalue weighted by molar-refractivity contribution is 4.59. The monoisotopic (exact) mass is 255 g/mol. The van der Waals surface area contributed by atoms with Gasteiger partial charge in [-0.15, -0.1) is 0 Å². The molecular weight excluding hydrogens is 218 g/mol. The van der Waals surface area contributed by atoms with Crippen molar-refractivity contribution in [3.8, 4) is 0 Å². The fourth-order valence-corrected chi connectivity index (χ4v) is 2.45. The highest BCUT2D eigenvalue weighted by atomic mass is 15.1. The summed E-state index contributed by atoms with van der Waals surface area (Å²) in [6, 6.07) is 0. The summed E-state index contributed by atoms with van der Waals surface area (Å²) in [7, 11) is 0. The van der Waals surface area contributed by atoms with Gasteiger partial charge < -0.3 is 4.90 Å². The molecule has 0 atom stereocenters. The average Bonchev–Trinajstić information content (AvgIpc) is 2.38. The first-order chi connectivity index (χ1) is 8.85. The van der Waals surface area contributed by atoms with Gasteiger partial charge in [-0.05, 0) is 38.9 Å². The van der Waals surface area contributed by atoms with Crippen LogP contribution in [0.15, 0.2) is 0 Å². The van der Waals surface area contributed by atoms with Crippen molar-refractivity contribution in [2.24, 2.45) is 0 Å². The Hall–Kier alpha value is -0.0400. The second kappa shape index (κ2) is 15.0. The number of nitrogens with zero attached hydrogens (tertiary/aromatic N) is 1. The van der Waals surface area contributed by atoms with Crippen LogP contribution in [0, 0.1) is 0 Å². The molecule has 0 aliphatic rings. The summed E-state index contributed by atoms with van der Waals surface area (Å²) in [6.07, 6.45) is 15.4. The third-order valence-corrected chi connectivity index (χ3v) is 3.73. The summed E-state index contributed by atoms with van der Waals surface area (Å²) >= 11 is 0. The zero-order chi connectivity index (χ0) is 13.5. The van der Waals surface area contributed by atoms with Crippen molar-refractivity contribution in [2.45, 2.75) is 91.4 Å². The molecular formula is C17H37N. The van der Waals surface area contributed by atoms with E-state index in [1.165, 1.54) is 90.3 Å². The molecule has 0 aliphatic carbocycles. The van der Waals surface area contributed by atoms with Gasteiger partial charge in [0, 0.05) is 0 Å². The minimum atomic E-state index is 1.34. The number of rotatable bonds is 14. The lowest BCUT2D eigenvalue weighted by Crippen LogP contribution is -2.27. The van der Waals surface area contributed by atoms with E-state index in [1.807, 2.05) is 0 Å². The molecule has 110 valence electrons. The van der Waals surface area contributed by atoms with E-state index in [9.17, 15) is 0 Å². The van der Waals surface area contributed by atoms with Crippen molar-refractivity contribution in [3.05, 3.63) is 0 Å². The summed E-state index contributed by atoms with van der Waals surface area (Å²) in [6.45, 7) is 10.9. The van der Waals surface area contributed by atoms with Gasteiger partial charge >= 0.3 is 0 Å². The fourth-order valence-electron chi connectivity index (χ4n) is 2.45. The van der Waals surface area contributed by atoms with E-state index in [0.29, 0.717) is 0 Å². The Morgan fingerprint density at radius 3 is 1.22 bits per heavy atom. The molecule has 0 rings (SSSR count). The van der Waals surface area contributed by atoms with Crippen LogP contribution in [0.2, 0.25) is 0 Å². The van der Waals surface area contributed by atoms with E-state index in [4.69, 9.17) is 0 Å². The smallest absolute Gasteiger partial charge is 0.00187 e. The normalized spacial score (nSPS) is 11.3. The van der Waals surface area contributed by atoms with Gasteiger partial charge in [0.25, 0.3) is 0 Å². The molecule has 0 amide bonds. The maximum atomic E-state index is 2.72. The molecule has 1 nitrogen and oxygen atoms in total. The Morgan fingerprint density at radius 2 is 0.778 bits per heavy atom. The SMILES string of the molecule is CCCCCCCN(CCCCC)CCCCC. The van der Waals surface area contributed by atoms with E-state index < -0.39 is 0 Å². The van der Waals surface area contributed by atoms with Crippen LogP contribution < -0.4 is 0 Å². The van der Waals surface area contributed by atoms with Crippen LogP contribution in [-0.2, 0) is 0 Å². The molecule has 0 heterocycles. The lowest BCUT2D eigenvalue weighted by molar-refractivity contribution is 0.256. The predicted octanol–water partition coefficient (Wildman–Crippen LogP) is 5.64. The maximum Gasteiger partial charge on any atom is -0.00187 e. The van der Waals surface area contributed by atoms with Crippen molar-refractivity contribution >= 4 is 0 Å². The molecule has 1 heteroatoms. The molecule has 0 aromatic carbocycles. The summed E-state index contributed by atoms with van der Waals surface area (Å²) in [4.78, 5) is 2.72. The first kappa shape index (κ1) is 18.0. The van der Waals surface area contributed by atoms with Gasteiger partial charge in [-0.2, -0.15) is 0 Å². The van der Waals surface area contributed by atoms with E-state index in [-0.39, 0.29) is 0 Å². The Kier molecular flexibility index (Phi) is 15.0. The zero-order valence-corrected chi connectivity index (χ0v) is 13.3. The molecule has 0 saturated carbocycles. The number of hydrogen-bond acceptors (Lipinski definition) is 1. The lowest BCUT2D eigenvalue weighted by Gasteiger charge is -2.22. The second-order valence-electron chi connectivity index (χ2n) is 5.67. The lowest BCUT2D eigenvalue weighted by atomic mass is 10.1. The van der Waals surface area contributed by atoms with Gasteiger partial charge in [0.05, 0.1) is 0 Å². The first-order valence-electron chi connectivity index (χ1n) is 8.57. The third kappa shape index (κ3) is 12.4. The Balaban J connectivity index is 3.60. The van der Waals surface area contributed by atoms with Gasteiger partial charge in [0.2, 0.25) is 0 Å². The molecule has 0 radical (unpaired) electrons. The quantitative estimate of drug-likeness (QED) is 0.363. The summed E-state index contributed by atoms with van der Waals surface area (Å²) < 4.78 is 0. The van der Waals surface area contributed by atoms with Crippen molar-refractivity contribution in [3.63, 3.8) is 0 Å². The molecule has 0 unspecified atom stereocenters. The minimum Gasteiger partial charge on any atom is -0.303 e. The Bertz CT molecular complexity index is 135. The summed E-state index contributed by atoms with van der Waals surface area (Å²) in [5.41, 5.74) is 0. The van der Waals surface area contributed by atoms with Crippen LogP contribution in [0.1, 0.15) is 91.4 Å². The topological polar surface area (TPSA) is 3.24 Å². The molecule has 0 N–H and O–H groups in total. The van der Waals surface area contributed by atoms with Crippen molar-refractivity contribution < 1.29 is 0 Å². The molecule has 0 fully saturated rings. The predicted molar refractivity (Wildman–Crippen MR) is 84.2 cm³/mol. The van der Waals surface area contributed by atoms with Gasteiger partial charge in [-0.1, -0.05) is 72.1 Å². The average molecular weight is 255 g/mol. The van der Waals surface area contributed by atoms with Gasteiger partial charge in [0.15, 0.2) is 0 Å². The number of hydrogen-bond donors (Lipinski definition) is 0. The molecule has 0 aromatic heterocycles. The zero-order valence-electron chi connectivity index (χ0n) is 13.3. The first-order valence-corrected chi connectivity index (χ1v) is 8.57. The van der Waals surface area contributed by atoms with E-state index in [2.05, 4.69) is 25.7 Å². The van der Waals surface area contributed by atoms with E-state index >= 15 is 0 Å². The number of unbranched alkanes of at least 4 members (excludes halogenated alkanes) is 8. The molecule has 0 saturated heterocycles. The third-order valence-electron chi connectivity index (χ3n) is 3.73. The minimum absolute atomic E-state index is 1.34. The molecule has 0 bridgehead atoms. The van der Waals surface area contributed by atoms with E-state index in [1.54, 1.807) is 0 Å². The molecule has 0 aromatic rings. The van der Waals surface area contributed by atoms with Crippen LogP contribution in [0.3, 0.4) is 0 Å². The second-order valence-corrected chi connectivity index (χ2v) is 5.67. The maximum absolute atomic E-state index is 2.72. The van der Waals surface area contributed by atoms with Crippen LogP contribution in [0.4, 0.5) is 0 Å².